The summed E-state index contributed by atoms with van der Waals surface area (Å²) >= 11 is 0. The largest absolute Gasteiger partial charge is 0.276 e. The summed E-state index contributed by atoms with van der Waals surface area (Å²) in [6.07, 6.45) is 1.42. The van der Waals surface area contributed by atoms with Gasteiger partial charge in [-0.05, 0) is 29.8 Å². The van der Waals surface area contributed by atoms with E-state index in [-0.39, 0.29) is 11.3 Å². The molecular weight excluding hydrogens is 259 g/mol. The molecule has 2 aromatic carbocycles. The minimum Gasteiger partial charge on any atom is -0.258 e. The summed E-state index contributed by atoms with van der Waals surface area (Å²) in [5.74, 6) is -0.406. The Balaban J connectivity index is 2.50. The van der Waals surface area contributed by atoms with Crippen LogP contribution in [0, 0.1) is 27.3 Å². The van der Waals surface area contributed by atoms with Crippen LogP contribution >= 0.6 is 0 Å². The standard InChI is InChI=1S/C15H9FN2O2/c16-14-7-5-11(6-8-14)13(10-17)9-12-3-1-2-4-15(12)18(19)20/h1-9H/b13-9+. The lowest BCUT2D eigenvalue weighted by atomic mass is 10.0. The zero-order valence-electron chi connectivity index (χ0n) is 10.3. The fraction of sp³-hybridized carbons (Fsp3) is 0. The third-order valence-electron chi connectivity index (χ3n) is 2.71. The first-order valence-electron chi connectivity index (χ1n) is 5.73. The molecule has 0 aliphatic carbocycles. The molecular formula is C15H9FN2O2. The molecule has 0 aromatic heterocycles. The second-order valence-corrected chi connectivity index (χ2v) is 3.99. The molecule has 0 saturated heterocycles. The first kappa shape index (κ1) is 13.4. The molecule has 0 heterocycles. The van der Waals surface area contributed by atoms with E-state index in [1.807, 2.05) is 6.07 Å². The van der Waals surface area contributed by atoms with Crippen molar-refractivity contribution in [2.45, 2.75) is 0 Å². The van der Waals surface area contributed by atoms with E-state index in [0.717, 1.165) is 0 Å². The van der Waals surface area contributed by atoms with Gasteiger partial charge in [0.05, 0.1) is 22.1 Å². The smallest absolute Gasteiger partial charge is 0.258 e. The molecule has 0 N–H and O–H groups in total. The first-order chi connectivity index (χ1) is 9.61. The maximum atomic E-state index is 12.9. The van der Waals surface area contributed by atoms with Gasteiger partial charge in [0.15, 0.2) is 0 Å². The summed E-state index contributed by atoms with van der Waals surface area (Å²) in [6, 6.07) is 13.5. The normalized spacial score (nSPS) is 10.9. The summed E-state index contributed by atoms with van der Waals surface area (Å²) in [7, 11) is 0. The van der Waals surface area contributed by atoms with Crippen LogP contribution in [0.5, 0.6) is 0 Å². The van der Waals surface area contributed by atoms with Gasteiger partial charge in [-0.2, -0.15) is 5.26 Å². The molecule has 0 spiro atoms. The molecule has 0 fully saturated rings. The van der Waals surface area contributed by atoms with Crippen LogP contribution in [0.2, 0.25) is 0 Å². The Bertz CT molecular complexity index is 715. The van der Waals surface area contributed by atoms with E-state index in [9.17, 15) is 14.5 Å². The molecule has 0 aliphatic heterocycles. The Morgan fingerprint density at radius 2 is 1.85 bits per heavy atom. The van der Waals surface area contributed by atoms with Crippen molar-refractivity contribution >= 4 is 17.3 Å². The molecule has 0 amide bonds. The van der Waals surface area contributed by atoms with Gasteiger partial charge < -0.3 is 0 Å². The van der Waals surface area contributed by atoms with Gasteiger partial charge in [0.2, 0.25) is 0 Å². The second kappa shape index (κ2) is 5.76. The Kier molecular flexibility index (Phi) is 3.87. The van der Waals surface area contributed by atoms with Gasteiger partial charge in [0.25, 0.3) is 5.69 Å². The summed E-state index contributed by atoms with van der Waals surface area (Å²) in [5.41, 5.74) is 0.993. The quantitative estimate of drug-likeness (QED) is 0.368. The summed E-state index contributed by atoms with van der Waals surface area (Å²) in [5, 5.41) is 20.1. The molecule has 0 saturated carbocycles. The number of hydrogen-bond donors (Lipinski definition) is 0. The number of halogens is 1. The van der Waals surface area contributed by atoms with Crippen molar-refractivity contribution in [3.8, 4) is 6.07 Å². The van der Waals surface area contributed by atoms with Gasteiger partial charge in [-0.3, -0.25) is 10.1 Å². The van der Waals surface area contributed by atoms with Crippen LogP contribution in [0.1, 0.15) is 11.1 Å². The highest BCUT2D eigenvalue weighted by molar-refractivity contribution is 5.91. The van der Waals surface area contributed by atoms with Gasteiger partial charge in [0.1, 0.15) is 5.82 Å². The molecule has 2 rings (SSSR count). The number of nitro benzene ring substituents is 1. The van der Waals surface area contributed by atoms with Crippen LogP contribution in [-0.4, -0.2) is 4.92 Å². The molecule has 0 radical (unpaired) electrons. The number of para-hydroxylation sites is 1. The molecule has 5 heteroatoms. The van der Waals surface area contributed by atoms with Crippen molar-refractivity contribution in [1.29, 1.82) is 5.26 Å². The Morgan fingerprint density at radius 1 is 1.20 bits per heavy atom. The fourth-order valence-corrected chi connectivity index (χ4v) is 1.74. The van der Waals surface area contributed by atoms with E-state index in [1.165, 1.54) is 36.4 Å². The fourth-order valence-electron chi connectivity index (χ4n) is 1.74. The number of hydrogen-bond acceptors (Lipinski definition) is 3. The lowest BCUT2D eigenvalue weighted by molar-refractivity contribution is -0.385. The van der Waals surface area contributed by atoms with E-state index in [2.05, 4.69) is 0 Å². The van der Waals surface area contributed by atoms with E-state index in [0.29, 0.717) is 11.1 Å². The van der Waals surface area contributed by atoms with Gasteiger partial charge in [-0.25, -0.2) is 4.39 Å². The lowest BCUT2D eigenvalue weighted by Crippen LogP contribution is -1.91. The number of benzene rings is 2. The minimum absolute atomic E-state index is 0.0811. The average molecular weight is 268 g/mol. The number of nitriles is 1. The number of nitro groups is 1. The van der Waals surface area contributed by atoms with Crippen LogP contribution in [-0.2, 0) is 0 Å². The predicted molar refractivity (Wildman–Crippen MR) is 73.0 cm³/mol. The molecule has 4 nitrogen and oxygen atoms in total. The van der Waals surface area contributed by atoms with Crippen molar-refractivity contribution in [3.05, 3.63) is 75.6 Å². The molecule has 0 bridgehead atoms. The highest BCUT2D eigenvalue weighted by Gasteiger charge is 2.11. The molecule has 0 unspecified atom stereocenters. The Labute approximate surface area is 114 Å². The topological polar surface area (TPSA) is 66.9 Å². The van der Waals surface area contributed by atoms with Crippen molar-refractivity contribution < 1.29 is 9.31 Å². The maximum absolute atomic E-state index is 12.9. The van der Waals surface area contributed by atoms with E-state index in [4.69, 9.17) is 5.26 Å². The zero-order valence-corrected chi connectivity index (χ0v) is 10.3. The van der Waals surface area contributed by atoms with E-state index in [1.54, 1.807) is 18.2 Å². The Hall–Kier alpha value is -3.00. The lowest BCUT2D eigenvalue weighted by Gasteiger charge is -2.01. The molecule has 0 aliphatic rings. The van der Waals surface area contributed by atoms with E-state index < -0.39 is 10.7 Å². The molecule has 98 valence electrons. The highest BCUT2D eigenvalue weighted by atomic mass is 19.1. The SMILES string of the molecule is N#C/C(=C\c1ccccc1[N+](=O)[O-])c1ccc(F)cc1. The predicted octanol–water partition coefficient (Wildman–Crippen LogP) is 3.80. The van der Waals surface area contributed by atoms with Crippen molar-refractivity contribution in [2.75, 3.05) is 0 Å². The van der Waals surface area contributed by atoms with Crippen LogP contribution in [0.3, 0.4) is 0 Å². The van der Waals surface area contributed by atoms with Crippen LogP contribution in [0.25, 0.3) is 11.6 Å². The van der Waals surface area contributed by atoms with E-state index >= 15 is 0 Å². The average Bonchev–Trinajstić information content (AvgIpc) is 2.46. The molecule has 20 heavy (non-hydrogen) atoms. The summed E-state index contributed by atoms with van der Waals surface area (Å²) in [4.78, 5) is 10.4. The Morgan fingerprint density at radius 3 is 2.45 bits per heavy atom. The second-order valence-electron chi connectivity index (χ2n) is 3.99. The van der Waals surface area contributed by atoms with Crippen molar-refractivity contribution in [3.63, 3.8) is 0 Å². The highest BCUT2D eigenvalue weighted by Crippen LogP contribution is 2.24. The summed E-state index contributed by atoms with van der Waals surface area (Å²) in [6.45, 7) is 0. The third kappa shape index (κ3) is 2.87. The number of allylic oxidation sites excluding steroid dienone is 1. The van der Waals surface area contributed by atoms with Gasteiger partial charge in [-0.15, -0.1) is 0 Å². The van der Waals surface area contributed by atoms with Crippen molar-refractivity contribution in [1.82, 2.24) is 0 Å². The third-order valence-corrected chi connectivity index (χ3v) is 2.71. The number of rotatable bonds is 3. The van der Waals surface area contributed by atoms with Crippen LogP contribution in [0.15, 0.2) is 48.5 Å². The summed E-state index contributed by atoms with van der Waals surface area (Å²) < 4.78 is 12.9. The number of nitrogens with zero attached hydrogens (tertiary/aromatic N) is 2. The first-order valence-corrected chi connectivity index (χ1v) is 5.73. The van der Waals surface area contributed by atoms with Crippen LogP contribution < -0.4 is 0 Å². The van der Waals surface area contributed by atoms with Gasteiger partial charge in [-0.1, -0.05) is 24.3 Å². The van der Waals surface area contributed by atoms with Gasteiger partial charge >= 0.3 is 0 Å². The minimum atomic E-state index is -0.508. The maximum Gasteiger partial charge on any atom is 0.276 e. The van der Waals surface area contributed by atoms with Gasteiger partial charge in [0, 0.05) is 6.07 Å². The molecule has 2 aromatic rings. The van der Waals surface area contributed by atoms with Crippen molar-refractivity contribution in [2.24, 2.45) is 0 Å². The zero-order chi connectivity index (χ0) is 14.5. The monoisotopic (exact) mass is 268 g/mol. The molecule has 0 atom stereocenters. The van der Waals surface area contributed by atoms with Crippen LogP contribution in [0.4, 0.5) is 10.1 Å².